The number of aliphatic carboxylic acids is 1. The molecule has 2 heterocycles. The van der Waals surface area contributed by atoms with E-state index in [0.717, 1.165) is 36.4 Å². The Hall–Kier alpha value is -2.14. The lowest BCUT2D eigenvalue weighted by molar-refractivity contribution is -0.143. The molecule has 1 aromatic heterocycles. The maximum atomic E-state index is 11.1. The number of carbonyl (C=O) groups is 1. The van der Waals surface area contributed by atoms with Crippen molar-refractivity contribution in [3.8, 4) is 11.3 Å². The third-order valence-corrected chi connectivity index (χ3v) is 3.86. The molecule has 1 fully saturated rings. The largest absolute Gasteiger partial charge is 0.481 e. The fourth-order valence-electron chi connectivity index (χ4n) is 2.75. The topological polar surface area (TPSA) is 66.6 Å². The summed E-state index contributed by atoms with van der Waals surface area (Å²) in [5, 5.41) is 13.2. The number of nitrogens with zero attached hydrogens (tertiary/aromatic N) is 2. The van der Waals surface area contributed by atoms with Gasteiger partial charge in [-0.3, -0.25) is 9.69 Å². The summed E-state index contributed by atoms with van der Waals surface area (Å²) in [4.78, 5) is 13.2. The van der Waals surface area contributed by atoms with Crippen LogP contribution in [0.1, 0.15) is 18.6 Å². The van der Waals surface area contributed by atoms with Crippen molar-refractivity contribution in [2.45, 2.75) is 19.4 Å². The second-order valence-corrected chi connectivity index (χ2v) is 5.46. The van der Waals surface area contributed by atoms with Crippen molar-refractivity contribution in [3.63, 3.8) is 0 Å². The Morgan fingerprint density at radius 3 is 2.95 bits per heavy atom. The Labute approximate surface area is 123 Å². The van der Waals surface area contributed by atoms with Crippen molar-refractivity contribution in [3.05, 3.63) is 42.2 Å². The summed E-state index contributed by atoms with van der Waals surface area (Å²) in [5.74, 6) is -0.197. The van der Waals surface area contributed by atoms with Crippen LogP contribution in [0.25, 0.3) is 11.3 Å². The van der Waals surface area contributed by atoms with Crippen molar-refractivity contribution in [1.82, 2.24) is 10.1 Å². The van der Waals surface area contributed by atoms with E-state index in [2.05, 4.69) is 10.1 Å². The smallest absolute Gasteiger partial charge is 0.307 e. The van der Waals surface area contributed by atoms with Crippen molar-refractivity contribution >= 4 is 5.97 Å². The normalized spacial score (nSPS) is 19.5. The van der Waals surface area contributed by atoms with E-state index < -0.39 is 5.97 Å². The third kappa shape index (κ3) is 3.31. The average Bonchev–Trinajstić information content (AvgIpc) is 2.97. The second-order valence-electron chi connectivity index (χ2n) is 5.46. The van der Waals surface area contributed by atoms with Crippen LogP contribution in [0, 0.1) is 5.92 Å². The molecular weight excluding hydrogens is 268 g/mol. The number of rotatable bonds is 4. The predicted octanol–water partition coefficient (Wildman–Crippen LogP) is 2.64. The zero-order valence-corrected chi connectivity index (χ0v) is 11.7. The van der Waals surface area contributed by atoms with Gasteiger partial charge in [-0.15, -0.1) is 0 Å². The maximum absolute atomic E-state index is 11.1. The fraction of sp³-hybridized carbons (Fsp3) is 0.375. The fourth-order valence-corrected chi connectivity index (χ4v) is 2.75. The van der Waals surface area contributed by atoms with Crippen LogP contribution in [-0.2, 0) is 11.3 Å². The predicted molar refractivity (Wildman–Crippen MR) is 77.6 cm³/mol. The van der Waals surface area contributed by atoms with Gasteiger partial charge in [0.25, 0.3) is 0 Å². The summed E-state index contributed by atoms with van der Waals surface area (Å²) in [6.45, 7) is 2.10. The quantitative estimate of drug-likeness (QED) is 0.936. The lowest BCUT2D eigenvalue weighted by atomic mass is 9.98. The van der Waals surface area contributed by atoms with Gasteiger partial charge in [0, 0.05) is 18.2 Å². The molecule has 1 N–H and O–H groups in total. The number of likely N-dealkylation sites (tertiary alicyclic amines) is 1. The molecule has 5 heteroatoms. The Bertz CT molecular complexity index is 609. The molecule has 0 saturated carbocycles. The molecule has 2 aromatic rings. The first-order chi connectivity index (χ1) is 10.2. The second kappa shape index (κ2) is 6.10. The zero-order chi connectivity index (χ0) is 14.7. The van der Waals surface area contributed by atoms with Gasteiger partial charge in [0.15, 0.2) is 5.76 Å². The van der Waals surface area contributed by atoms with Gasteiger partial charge in [-0.2, -0.15) is 0 Å². The van der Waals surface area contributed by atoms with Crippen LogP contribution in [0.5, 0.6) is 0 Å². The number of carboxylic acids is 1. The molecule has 1 aromatic carbocycles. The van der Waals surface area contributed by atoms with E-state index >= 15 is 0 Å². The highest BCUT2D eigenvalue weighted by molar-refractivity contribution is 5.70. The van der Waals surface area contributed by atoms with Gasteiger partial charge in [0.1, 0.15) is 5.69 Å². The molecule has 110 valence electrons. The van der Waals surface area contributed by atoms with Gasteiger partial charge < -0.3 is 9.63 Å². The van der Waals surface area contributed by atoms with Crippen LogP contribution in [0.3, 0.4) is 0 Å². The molecule has 1 atom stereocenters. The minimum absolute atomic E-state index is 0.268. The summed E-state index contributed by atoms with van der Waals surface area (Å²) >= 11 is 0. The first kappa shape index (κ1) is 13.8. The highest BCUT2D eigenvalue weighted by Gasteiger charge is 2.26. The summed E-state index contributed by atoms with van der Waals surface area (Å²) in [6, 6.07) is 11.8. The van der Waals surface area contributed by atoms with Gasteiger partial charge in [0.05, 0.1) is 12.5 Å². The molecule has 21 heavy (non-hydrogen) atoms. The van der Waals surface area contributed by atoms with Crippen LogP contribution in [0.15, 0.2) is 40.9 Å². The first-order valence-electron chi connectivity index (χ1n) is 7.18. The highest BCUT2D eigenvalue weighted by atomic mass is 16.5. The Kier molecular flexibility index (Phi) is 4.01. The molecule has 0 aliphatic carbocycles. The lowest BCUT2D eigenvalue weighted by Crippen LogP contribution is -2.38. The molecule has 0 radical (unpaired) electrons. The van der Waals surface area contributed by atoms with E-state index in [1.165, 1.54) is 0 Å². The number of hydrogen-bond acceptors (Lipinski definition) is 4. The SMILES string of the molecule is O=C(O)C1CCCN(Cc2cc(-c3ccccc3)no2)C1. The zero-order valence-electron chi connectivity index (χ0n) is 11.7. The van der Waals surface area contributed by atoms with Crippen molar-refractivity contribution in [2.75, 3.05) is 13.1 Å². The van der Waals surface area contributed by atoms with E-state index in [4.69, 9.17) is 9.63 Å². The molecule has 0 spiro atoms. The molecule has 1 unspecified atom stereocenters. The van der Waals surface area contributed by atoms with Crippen LogP contribution in [0.2, 0.25) is 0 Å². The molecule has 0 bridgehead atoms. The van der Waals surface area contributed by atoms with E-state index in [0.29, 0.717) is 13.1 Å². The lowest BCUT2D eigenvalue weighted by Gasteiger charge is -2.29. The van der Waals surface area contributed by atoms with Crippen molar-refractivity contribution < 1.29 is 14.4 Å². The molecule has 3 rings (SSSR count). The maximum Gasteiger partial charge on any atom is 0.307 e. The Morgan fingerprint density at radius 1 is 1.38 bits per heavy atom. The molecule has 1 saturated heterocycles. The number of hydrogen-bond donors (Lipinski definition) is 1. The van der Waals surface area contributed by atoms with Crippen molar-refractivity contribution in [2.24, 2.45) is 5.92 Å². The molecule has 5 nitrogen and oxygen atoms in total. The molecular formula is C16H18N2O3. The number of benzene rings is 1. The van der Waals surface area contributed by atoms with Gasteiger partial charge in [0.2, 0.25) is 0 Å². The number of carboxylic acid groups (broad SMARTS) is 1. The van der Waals surface area contributed by atoms with Gasteiger partial charge >= 0.3 is 5.97 Å². The average molecular weight is 286 g/mol. The van der Waals surface area contributed by atoms with Gasteiger partial charge in [-0.1, -0.05) is 35.5 Å². The minimum atomic E-state index is -0.706. The molecule has 1 aliphatic heterocycles. The van der Waals surface area contributed by atoms with E-state index in [9.17, 15) is 4.79 Å². The van der Waals surface area contributed by atoms with E-state index in [1.54, 1.807) is 0 Å². The molecule has 1 aliphatic rings. The number of piperidine rings is 1. The summed E-state index contributed by atoms with van der Waals surface area (Å²) < 4.78 is 5.38. The number of aromatic nitrogens is 1. The Balaban J connectivity index is 1.66. The van der Waals surface area contributed by atoms with Crippen molar-refractivity contribution in [1.29, 1.82) is 0 Å². The standard InChI is InChI=1S/C16H18N2O3/c19-16(20)13-7-4-8-18(10-13)11-14-9-15(17-21-14)12-5-2-1-3-6-12/h1-3,5-6,9,13H,4,7-8,10-11H2,(H,19,20). The summed E-state index contributed by atoms with van der Waals surface area (Å²) in [7, 11) is 0. The minimum Gasteiger partial charge on any atom is -0.481 e. The van der Waals surface area contributed by atoms with E-state index in [-0.39, 0.29) is 5.92 Å². The first-order valence-corrected chi connectivity index (χ1v) is 7.18. The van der Waals surface area contributed by atoms with Gasteiger partial charge in [-0.05, 0) is 19.4 Å². The molecule has 0 amide bonds. The van der Waals surface area contributed by atoms with Crippen LogP contribution >= 0.6 is 0 Å². The highest BCUT2D eigenvalue weighted by Crippen LogP contribution is 2.22. The van der Waals surface area contributed by atoms with Gasteiger partial charge in [-0.25, -0.2) is 0 Å². The summed E-state index contributed by atoms with van der Waals surface area (Å²) in [6.07, 6.45) is 1.67. The Morgan fingerprint density at radius 2 is 2.19 bits per heavy atom. The summed E-state index contributed by atoms with van der Waals surface area (Å²) in [5.41, 5.74) is 1.84. The van der Waals surface area contributed by atoms with E-state index in [1.807, 2.05) is 36.4 Å². The van der Waals surface area contributed by atoms with Crippen LogP contribution < -0.4 is 0 Å². The van der Waals surface area contributed by atoms with Crippen LogP contribution in [-0.4, -0.2) is 34.2 Å². The third-order valence-electron chi connectivity index (χ3n) is 3.86. The van der Waals surface area contributed by atoms with Crippen LogP contribution in [0.4, 0.5) is 0 Å². The monoisotopic (exact) mass is 286 g/mol.